The van der Waals surface area contributed by atoms with Gasteiger partial charge in [0.05, 0.1) is 28.4 Å². The van der Waals surface area contributed by atoms with Crippen molar-refractivity contribution in [3.8, 4) is 17.2 Å². The minimum Gasteiger partial charge on any atom is -0.507 e. The van der Waals surface area contributed by atoms with E-state index in [0.29, 0.717) is 58.8 Å². The molecule has 9 heteroatoms. The van der Waals surface area contributed by atoms with Crippen molar-refractivity contribution in [1.82, 2.24) is 4.98 Å². The second-order valence-electron chi connectivity index (χ2n) is 8.50. The third-order valence-electron chi connectivity index (χ3n) is 6.24. The number of anilines is 1. The van der Waals surface area contributed by atoms with Crippen molar-refractivity contribution in [2.24, 2.45) is 0 Å². The summed E-state index contributed by atoms with van der Waals surface area (Å²) >= 11 is 1.29. The summed E-state index contributed by atoms with van der Waals surface area (Å²) in [5.41, 5.74) is 1.70. The molecule has 0 spiro atoms. The monoisotopic (exact) mass is 514 g/mol. The lowest BCUT2D eigenvalue weighted by Gasteiger charge is -2.23. The number of ketones is 1. The first-order valence-corrected chi connectivity index (χ1v) is 12.7. The maximum atomic E-state index is 13.4. The molecule has 0 saturated carbocycles. The van der Waals surface area contributed by atoms with Crippen LogP contribution < -0.4 is 19.1 Å². The van der Waals surface area contributed by atoms with Gasteiger partial charge in [-0.25, -0.2) is 4.98 Å². The first-order valence-electron chi connectivity index (χ1n) is 11.8. The number of carbonyl (C=O) groups is 2. The van der Waals surface area contributed by atoms with Crippen LogP contribution in [0.15, 0.2) is 72.3 Å². The SMILES string of the molecule is CCOc1ccc2nc(N3C(=O)C(=O)/C(=C(\O)c4ccc5c(c4)OCCO5)C3c3ccccc3)sc2c1. The van der Waals surface area contributed by atoms with Crippen molar-refractivity contribution in [2.45, 2.75) is 13.0 Å². The average molecular weight is 515 g/mol. The molecule has 1 unspecified atom stereocenters. The minimum atomic E-state index is -0.860. The molecule has 37 heavy (non-hydrogen) atoms. The summed E-state index contributed by atoms with van der Waals surface area (Å²) in [6.45, 7) is 3.25. The summed E-state index contributed by atoms with van der Waals surface area (Å²) in [5.74, 6) is -0.0924. The van der Waals surface area contributed by atoms with Gasteiger partial charge in [0.2, 0.25) is 0 Å². The van der Waals surface area contributed by atoms with Crippen LogP contribution in [0.1, 0.15) is 24.1 Å². The van der Waals surface area contributed by atoms with Gasteiger partial charge in [0.25, 0.3) is 5.78 Å². The van der Waals surface area contributed by atoms with Gasteiger partial charge in [-0.2, -0.15) is 0 Å². The molecule has 3 heterocycles. The number of amides is 1. The van der Waals surface area contributed by atoms with E-state index in [9.17, 15) is 14.7 Å². The number of hydrogen-bond donors (Lipinski definition) is 1. The van der Waals surface area contributed by atoms with E-state index in [1.165, 1.54) is 16.2 Å². The van der Waals surface area contributed by atoms with Crippen LogP contribution in [0.2, 0.25) is 0 Å². The Kier molecular flexibility index (Phi) is 5.77. The quantitative estimate of drug-likeness (QED) is 0.225. The summed E-state index contributed by atoms with van der Waals surface area (Å²) in [6, 6.07) is 18.7. The highest BCUT2D eigenvalue weighted by atomic mass is 32.1. The Morgan fingerprint density at radius 2 is 1.84 bits per heavy atom. The first-order chi connectivity index (χ1) is 18.0. The van der Waals surface area contributed by atoms with Gasteiger partial charge < -0.3 is 19.3 Å². The lowest BCUT2D eigenvalue weighted by molar-refractivity contribution is -0.132. The molecule has 2 aliphatic heterocycles. The van der Waals surface area contributed by atoms with E-state index in [2.05, 4.69) is 4.98 Å². The van der Waals surface area contributed by atoms with Crippen LogP contribution >= 0.6 is 11.3 Å². The molecule has 186 valence electrons. The number of aliphatic hydroxyl groups excluding tert-OH is 1. The molecule has 1 saturated heterocycles. The number of aromatic nitrogens is 1. The van der Waals surface area contributed by atoms with Gasteiger partial charge in [0.15, 0.2) is 16.6 Å². The van der Waals surface area contributed by atoms with Crippen LogP contribution in [0.4, 0.5) is 5.13 Å². The van der Waals surface area contributed by atoms with Crippen molar-refractivity contribution in [3.63, 3.8) is 0 Å². The number of carbonyl (C=O) groups excluding carboxylic acids is 2. The predicted molar refractivity (Wildman–Crippen MR) is 139 cm³/mol. The largest absolute Gasteiger partial charge is 0.507 e. The molecule has 1 aromatic heterocycles. The van der Waals surface area contributed by atoms with E-state index in [4.69, 9.17) is 14.2 Å². The van der Waals surface area contributed by atoms with Crippen molar-refractivity contribution in [3.05, 3.63) is 83.4 Å². The molecule has 0 radical (unpaired) electrons. The number of benzene rings is 3. The number of hydrogen-bond acceptors (Lipinski definition) is 8. The zero-order valence-electron chi connectivity index (χ0n) is 19.8. The van der Waals surface area contributed by atoms with Crippen LogP contribution in [-0.2, 0) is 9.59 Å². The van der Waals surface area contributed by atoms with Crippen LogP contribution in [0.5, 0.6) is 17.2 Å². The average Bonchev–Trinajstić information content (AvgIpc) is 3.46. The van der Waals surface area contributed by atoms with Gasteiger partial charge in [-0.3, -0.25) is 14.5 Å². The van der Waals surface area contributed by atoms with Crippen molar-refractivity contribution in [1.29, 1.82) is 0 Å². The topological polar surface area (TPSA) is 98.2 Å². The van der Waals surface area contributed by atoms with Crippen LogP contribution in [-0.4, -0.2) is 41.6 Å². The summed E-state index contributed by atoms with van der Waals surface area (Å²) < 4.78 is 17.6. The summed E-state index contributed by atoms with van der Waals surface area (Å²) in [7, 11) is 0. The van der Waals surface area contributed by atoms with Gasteiger partial charge in [-0.15, -0.1) is 0 Å². The zero-order chi connectivity index (χ0) is 25.5. The van der Waals surface area contributed by atoms with E-state index < -0.39 is 17.7 Å². The van der Waals surface area contributed by atoms with E-state index in [-0.39, 0.29) is 11.3 Å². The van der Waals surface area contributed by atoms with Crippen molar-refractivity contribution in [2.75, 3.05) is 24.7 Å². The lowest BCUT2D eigenvalue weighted by Crippen LogP contribution is -2.29. The maximum absolute atomic E-state index is 13.4. The smallest absolute Gasteiger partial charge is 0.301 e. The first kappa shape index (κ1) is 23.1. The van der Waals surface area contributed by atoms with Crippen LogP contribution in [0.25, 0.3) is 16.0 Å². The second-order valence-corrected chi connectivity index (χ2v) is 9.51. The fourth-order valence-corrected chi connectivity index (χ4v) is 5.60. The number of aliphatic hydroxyl groups is 1. The molecule has 0 aliphatic carbocycles. The number of Topliss-reactive ketones (excluding diaryl/α,β-unsaturated/α-hetero) is 1. The Morgan fingerprint density at radius 1 is 1.05 bits per heavy atom. The fourth-order valence-electron chi connectivity index (χ4n) is 4.58. The van der Waals surface area contributed by atoms with Gasteiger partial charge in [0, 0.05) is 5.56 Å². The van der Waals surface area contributed by atoms with E-state index in [1.54, 1.807) is 18.2 Å². The number of ether oxygens (including phenoxy) is 3. The lowest BCUT2D eigenvalue weighted by atomic mass is 9.95. The molecular weight excluding hydrogens is 492 g/mol. The summed E-state index contributed by atoms with van der Waals surface area (Å²) in [4.78, 5) is 32.9. The van der Waals surface area contributed by atoms with Crippen LogP contribution in [0.3, 0.4) is 0 Å². The summed E-state index contributed by atoms with van der Waals surface area (Å²) in [5, 5.41) is 11.8. The maximum Gasteiger partial charge on any atom is 0.301 e. The highest BCUT2D eigenvalue weighted by Crippen LogP contribution is 2.45. The molecule has 1 N–H and O–H groups in total. The molecule has 6 rings (SSSR count). The highest BCUT2D eigenvalue weighted by molar-refractivity contribution is 7.22. The molecule has 1 amide bonds. The molecule has 1 atom stereocenters. The standard InChI is InChI=1S/C28H22N2O6S/c1-2-34-18-9-10-19-22(15-18)37-28(29-19)30-24(16-6-4-3-5-7-16)23(26(32)27(30)33)25(31)17-8-11-20-21(14-17)36-13-12-35-20/h3-11,14-15,24,31H,2,12-13H2,1H3/b25-23-. The Morgan fingerprint density at radius 3 is 2.62 bits per heavy atom. The molecular formula is C28H22N2O6S. The van der Waals surface area contributed by atoms with E-state index in [0.717, 1.165) is 4.70 Å². The Bertz CT molecular complexity index is 1560. The molecule has 3 aromatic carbocycles. The third kappa shape index (κ3) is 3.97. The van der Waals surface area contributed by atoms with Crippen molar-refractivity contribution < 1.29 is 28.9 Å². The molecule has 4 aromatic rings. The number of fused-ring (bicyclic) bond motifs is 2. The Balaban J connectivity index is 1.50. The van der Waals surface area contributed by atoms with Gasteiger partial charge in [-0.05, 0) is 48.9 Å². The second kappa shape index (κ2) is 9.25. The van der Waals surface area contributed by atoms with Gasteiger partial charge in [0.1, 0.15) is 24.7 Å². The fraction of sp³-hybridized carbons (Fsp3) is 0.179. The van der Waals surface area contributed by atoms with Gasteiger partial charge >= 0.3 is 5.91 Å². The normalized spacial score (nSPS) is 18.4. The molecule has 2 aliphatic rings. The Hall–Kier alpha value is -4.37. The zero-order valence-corrected chi connectivity index (χ0v) is 20.7. The predicted octanol–water partition coefficient (Wildman–Crippen LogP) is 5.09. The van der Waals surface area contributed by atoms with E-state index >= 15 is 0 Å². The minimum absolute atomic E-state index is 0.0119. The van der Waals surface area contributed by atoms with Crippen molar-refractivity contribution >= 4 is 44.1 Å². The molecule has 1 fully saturated rings. The van der Waals surface area contributed by atoms with Gasteiger partial charge in [-0.1, -0.05) is 41.7 Å². The molecule has 8 nitrogen and oxygen atoms in total. The third-order valence-corrected chi connectivity index (χ3v) is 7.26. The number of rotatable bonds is 5. The molecule has 0 bridgehead atoms. The van der Waals surface area contributed by atoms with E-state index in [1.807, 2.05) is 55.5 Å². The summed E-state index contributed by atoms with van der Waals surface area (Å²) in [6.07, 6.45) is 0. The highest BCUT2D eigenvalue weighted by Gasteiger charge is 2.48. The number of thiazole rings is 1. The Labute approximate surface area is 216 Å². The van der Waals surface area contributed by atoms with Crippen LogP contribution in [0, 0.1) is 0 Å². The number of nitrogens with zero attached hydrogens (tertiary/aromatic N) is 2.